The van der Waals surface area contributed by atoms with E-state index in [0.717, 1.165) is 11.8 Å². The van der Waals surface area contributed by atoms with Crippen LogP contribution in [-0.4, -0.2) is 12.0 Å². The lowest BCUT2D eigenvalue weighted by atomic mass is 10.1. The highest BCUT2D eigenvalue weighted by Gasteiger charge is 2.34. The summed E-state index contributed by atoms with van der Waals surface area (Å²) in [5.41, 5.74) is 0.175. The van der Waals surface area contributed by atoms with Crippen molar-refractivity contribution in [2.75, 3.05) is 7.05 Å². The first-order valence-corrected chi connectivity index (χ1v) is 7.05. The average molecular weight is 351 g/mol. The molecule has 0 bridgehead atoms. The molecule has 102 valence electrons. The first-order valence-electron chi connectivity index (χ1n) is 5.38. The quantitative estimate of drug-likeness (QED) is 0.891. The fourth-order valence-corrected chi connectivity index (χ4v) is 2.85. The van der Waals surface area contributed by atoms with E-state index in [-0.39, 0.29) is 5.56 Å². The van der Waals surface area contributed by atoms with Crippen molar-refractivity contribution in [3.63, 3.8) is 0 Å². The molecule has 0 aliphatic heterocycles. The van der Waals surface area contributed by atoms with Crippen LogP contribution in [0.1, 0.15) is 11.3 Å². The van der Waals surface area contributed by atoms with Crippen LogP contribution in [0.5, 0.6) is 0 Å². The molecule has 0 saturated carbocycles. The molecule has 0 saturated heterocycles. The molecule has 2 nitrogen and oxygen atoms in total. The predicted octanol–water partition coefficient (Wildman–Crippen LogP) is 4.31. The van der Waals surface area contributed by atoms with Gasteiger partial charge in [0, 0.05) is 22.0 Å². The van der Waals surface area contributed by atoms with Crippen molar-refractivity contribution in [1.29, 1.82) is 0 Å². The fraction of sp³-hybridized carbons (Fsp3) is 0.250. The van der Waals surface area contributed by atoms with E-state index in [2.05, 4.69) is 26.2 Å². The number of alkyl halides is 3. The normalized spacial score (nSPS) is 11.8. The highest BCUT2D eigenvalue weighted by molar-refractivity contribution is 9.10. The van der Waals surface area contributed by atoms with Gasteiger partial charge in [0.25, 0.3) is 0 Å². The Balaban J connectivity index is 2.48. The van der Waals surface area contributed by atoms with Gasteiger partial charge in [-0.05, 0) is 19.2 Å². The zero-order chi connectivity index (χ0) is 14.0. The summed E-state index contributed by atoms with van der Waals surface area (Å²) in [4.78, 5) is 4.21. The van der Waals surface area contributed by atoms with Crippen LogP contribution >= 0.6 is 27.3 Å². The molecule has 0 radical (unpaired) electrons. The largest absolute Gasteiger partial charge is 0.417 e. The summed E-state index contributed by atoms with van der Waals surface area (Å²) >= 11 is 4.28. The van der Waals surface area contributed by atoms with Gasteiger partial charge in [0.2, 0.25) is 0 Å². The maximum Gasteiger partial charge on any atom is 0.417 e. The van der Waals surface area contributed by atoms with E-state index in [1.54, 1.807) is 18.5 Å². The Bertz CT molecular complexity index is 581. The number of thiazole rings is 1. The Morgan fingerprint density at radius 3 is 2.74 bits per heavy atom. The summed E-state index contributed by atoms with van der Waals surface area (Å²) in [6, 6.07) is 4.10. The highest BCUT2D eigenvalue weighted by atomic mass is 79.9. The number of hydrogen-bond acceptors (Lipinski definition) is 3. The van der Waals surface area contributed by atoms with Crippen LogP contribution in [0.4, 0.5) is 13.2 Å². The Morgan fingerprint density at radius 2 is 2.11 bits per heavy atom. The van der Waals surface area contributed by atoms with Gasteiger partial charge in [-0.15, -0.1) is 11.3 Å². The summed E-state index contributed by atoms with van der Waals surface area (Å²) in [6.45, 7) is 0.536. The summed E-state index contributed by atoms with van der Waals surface area (Å²) in [7, 11) is 1.76. The molecule has 1 aromatic heterocycles. The second-order valence-corrected chi connectivity index (χ2v) is 5.64. The second-order valence-electron chi connectivity index (χ2n) is 3.86. The molecule has 2 aromatic rings. The molecule has 1 heterocycles. The van der Waals surface area contributed by atoms with E-state index in [9.17, 15) is 13.2 Å². The molecular formula is C12H10BrF3N2S. The van der Waals surface area contributed by atoms with E-state index in [1.807, 2.05) is 0 Å². The molecule has 2 rings (SSSR count). The second kappa shape index (κ2) is 5.60. The third-order valence-electron chi connectivity index (χ3n) is 2.43. The van der Waals surface area contributed by atoms with E-state index in [1.165, 1.54) is 17.4 Å². The minimum atomic E-state index is -4.39. The van der Waals surface area contributed by atoms with Crippen LogP contribution in [-0.2, 0) is 12.7 Å². The Hall–Kier alpha value is -0.920. The van der Waals surface area contributed by atoms with Crippen LogP contribution in [0.25, 0.3) is 10.6 Å². The molecule has 0 fully saturated rings. The molecule has 0 aliphatic carbocycles. The maximum atomic E-state index is 13.0. The Kier molecular flexibility index (Phi) is 4.27. The lowest BCUT2D eigenvalue weighted by Gasteiger charge is -2.11. The van der Waals surface area contributed by atoms with Gasteiger partial charge in [0.1, 0.15) is 5.01 Å². The minimum Gasteiger partial charge on any atom is -0.314 e. The number of nitrogens with one attached hydrogen (secondary N) is 1. The predicted molar refractivity (Wildman–Crippen MR) is 73.0 cm³/mol. The van der Waals surface area contributed by atoms with Crippen LogP contribution in [0.15, 0.2) is 28.1 Å². The average Bonchev–Trinajstić information content (AvgIpc) is 2.77. The van der Waals surface area contributed by atoms with Crippen LogP contribution in [0, 0.1) is 0 Å². The number of rotatable bonds is 3. The van der Waals surface area contributed by atoms with Crippen molar-refractivity contribution < 1.29 is 13.2 Å². The SMILES string of the molecule is CNCc1csc(-c2ccc(Br)cc2C(F)(F)F)n1. The van der Waals surface area contributed by atoms with Crippen LogP contribution < -0.4 is 5.32 Å². The van der Waals surface area contributed by atoms with Crippen LogP contribution in [0.2, 0.25) is 0 Å². The molecule has 0 atom stereocenters. The highest BCUT2D eigenvalue weighted by Crippen LogP contribution is 2.39. The third kappa shape index (κ3) is 3.34. The number of benzene rings is 1. The van der Waals surface area contributed by atoms with Crippen molar-refractivity contribution in [3.05, 3.63) is 39.3 Å². The topological polar surface area (TPSA) is 24.9 Å². The molecule has 0 aliphatic rings. The molecule has 7 heteroatoms. The molecule has 1 N–H and O–H groups in total. The van der Waals surface area contributed by atoms with Crippen molar-refractivity contribution >= 4 is 27.3 Å². The van der Waals surface area contributed by atoms with Crippen molar-refractivity contribution in [3.8, 4) is 10.6 Å². The van der Waals surface area contributed by atoms with Gasteiger partial charge in [-0.3, -0.25) is 0 Å². The number of halogens is 4. The van der Waals surface area contributed by atoms with Gasteiger partial charge in [-0.25, -0.2) is 4.98 Å². The zero-order valence-electron chi connectivity index (χ0n) is 9.88. The summed E-state index contributed by atoms with van der Waals surface area (Å²) in [6.07, 6.45) is -4.39. The van der Waals surface area contributed by atoms with Gasteiger partial charge in [-0.2, -0.15) is 13.2 Å². The van der Waals surface area contributed by atoms with Gasteiger partial charge < -0.3 is 5.32 Å². The Labute approximate surface area is 120 Å². The molecule has 19 heavy (non-hydrogen) atoms. The van der Waals surface area contributed by atoms with Gasteiger partial charge in [-0.1, -0.05) is 22.0 Å². The number of nitrogens with zero attached hydrogens (tertiary/aromatic N) is 1. The number of hydrogen-bond donors (Lipinski definition) is 1. The van der Waals surface area contributed by atoms with Gasteiger partial charge in [0.15, 0.2) is 0 Å². The van der Waals surface area contributed by atoms with Gasteiger partial charge in [0.05, 0.1) is 11.3 Å². The first kappa shape index (κ1) is 14.5. The molecular weight excluding hydrogens is 341 g/mol. The Morgan fingerprint density at radius 1 is 1.37 bits per heavy atom. The maximum absolute atomic E-state index is 13.0. The lowest BCUT2D eigenvalue weighted by Crippen LogP contribution is -2.07. The van der Waals surface area contributed by atoms with Crippen molar-refractivity contribution in [2.45, 2.75) is 12.7 Å². The summed E-state index contributed by atoms with van der Waals surface area (Å²) < 4.78 is 39.4. The zero-order valence-corrected chi connectivity index (χ0v) is 12.3. The molecule has 0 spiro atoms. The standard InChI is InChI=1S/C12H10BrF3N2S/c1-17-5-8-6-19-11(18-8)9-3-2-7(13)4-10(9)12(14,15)16/h2-4,6,17H,5H2,1H3. The summed E-state index contributed by atoms with van der Waals surface area (Å²) in [5.74, 6) is 0. The van der Waals surface area contributed by atoms with Gasteiger partial charge >= 0.3 is 6.18 Å². The van der Waals surface area contributed by atoms with Crippen molar-refractivity contribution in [2.24, 2.45) is 0 Å². The molecule has 0 unspecified atom stereocenters. The van der Waals surface area contributed by atoms with E-state index in [0.29, 0.717) is 16.0 Å². The summed E-state index contributed by atoms with van der Waals surface area (Å²) in [5, 5.41) is 5.05. The molecule has 1 aromatic carbocycles. The molecule has 0 amide bonds. The number of aromatic nitrogens is 1. The van der Waals surface area contributed by atoms with Crippen molar-refractivity contribution in [1.82, 2.24) is 10.3 Å². The van der Waals surface area contributed by atoms with E-state index < -0.39 is 11.7 Å². The van der Waals surface area contributed by atoms with E-state index >= 15 is 0 Å². The minimum absolute atomic E-state index is 0.114. The third-order valence-corrected chi connectivity index (χ3v) is 3.84. The first-order chi connectivity index (χ1) is 8.91. The van der Waals surface area contributed by atoms with E-state index in [4.69, 9.17) is 0 Å². The lowest BCUT2D eigenvalue weighted by molar-refractivity contribution is -0.137. The fourth-order valence-electron chi connectivity index (χ4n) is 1.63. The monoisotopic (exact) mass is 350 g/mol. The van der Waals surface area contributed by atoms with Crippen LogP contribution in [0.3, 0.4) is 0 Å². The smallest absolute Gasteiger partial charge is 0.314 e.